The van der Waals surface area contributed by atoms with Gasteiger partial charge in [-0.05, 0) is 31.4 Å². The van der Waals surface area contributed by atoms with Gasteiger partial charge in [0.25, 0.3) is 0 Å². The summed E-state index contributed by atoms with van der Waals surface area (Å²) in [6.07, 6.45) is 0. The van der Waals surface area contributed by atoms with Crippen LogP contribution in [0.3, 0.4) is 0 Å². The molecule has 0 amide bonds. The van der Waals surface area contributed by atoms with E-state index in [1.807, 2.05) is 31.2 Å². The summed E-state index contributed by atoms with van der Waals surface area (Å²) in [5.41, 5.74) is 0.829. The number of hydrogen-bond donors (Lipinski definition) is 3. The molecule has 3 aliphatic heterocycles. The minimum Gasteiger partial charge on any atom is -0.395 e. The van der Waals surface area contributed by atoms with Gasteiger partial charge in [-0.2, -0.15) is 0 Å². The fourth-order valence-electron chi connectivity index (χ4n) is 4.87. The number of rotatable bonds is 4. The quantitative estimate of drug-likeness (QED) is 0.640. The number of aliphatic hydroxyl groups is 1. The number of benzene rings is 2. The number of thiocarbonyl (C=S) groups is 2. The van der Waals surface area contributed by atoms with Crippen molar-refractivity contribution in [1.29, 1.82) is 0 Å². The van der Waals surface area contributed by atoms with Gasteiger partial charge in [-0.3, -0.25) is 4.90 Å². The van der Waals surface area contributed by atoms with Crippen LogP contribution >= 0.6 is 24.4 Å². The third kappa shape index (κ3) is 2.34. The maximum Gasteiger partial charge on any atom is 0.192 e. The van der Waals surface area contributed by atoms with Gasteiger partial charge in [-0.25, -0.2) is 0 Å². The molecule has 8 heteroatoms. The minimum absolute atomic E-state index is 0.0123. The average molecular weight is 426 g/mol. The summed E-state index contributed by atoms with van der Waals surface area (Å²) in [6, 6.07) is 20.7. The third-order valence-electron chi connectivity index (χ3n) is 6.30. The first-order chi connectivity index (χ1) is 14.0. The van der Waals surface area contributed by atoms with E-state index in [2.05, 4.69) is 61.7 Å². The van der Waals surface area contributed by atoms with Crippen LogP contribution in [0.1, 0.15) is 18.1 Å². The Bertz CT molecular complexity index is 926. The van der Waals surface area contributed by atoms with E-state index < -0.39 is 11.3 Å². The van der Waals surface area contributed by atoms with Gasteiger partial charge in [-0.1, -0.05) is 60.7 Å². The smallest absolute Gasteiger partial charge is 0.192 e. The van der Waals surface area contributed by atoms with Gasteiger partial charge in [0.2, 0.25) is 0 Å². The summed E-state index contributed by atoms with van der Waals surface area (Å²) in [4.78, 5) is 6.59. The third-order valence-corrected chi connectivity index (χ3v) is 6.95. The Balaban J connectivity index is 1.77. The van der Waals surface area contributed by atoms with Crippen LogP contribution in [0.2, 0.25) is 0 Å². The summed E-state index contributed by atoms with van der Waals surface area (Å²) in [5, 5.41) is 18.3. The first kappa shape index (κ1) is 18.7. The Morgan fingerprint density at radius 1 is 0.897 bits per heavy atom. The van der Waals surface area contributed by atoms with Crippen molar-refractivity contribution in [2.45, 2.75) is 24.3 Å². The van der Waals surface area contributed by atoms with Crippen LogP contribution < -0.4 is 10.6 Å². The van der Waals surface area contributed by atoms with Gasteiger partial charge in [0.15, 0.2) is 21.6 Å². The monoisotopic (exact) mass is 425 g/mol. The minimum atomic E-state index is -0.710. The lowest BCUT2D eigenvalue weighted by Crippen LogP contribution is -2.69. The highest BCUT2D eigenvalue weighted by Gasteiger charge is 2.73. The van der Waals surface area contributed by atoms with Gasteiger partial charge in [0.05, 0.1) is 19.9 Å². The summed E-state index contributed by atoms with van der Waals surface area (Å²) >= 11 is 11.7. The summed E-state index contributed by atoms with van der Waals surface area (Å²) < 4.78 is 0. The van der Waals surface area contributed by atoms with Crippen LogP contribution in [-0.4, -0.2) is 56.0 Å². The molecule has 3 heterocycles. The molecule has 3 saturated heterocycles. The topological polar surface area (TPSA) is 54.0 Å². The molecule has 2 aromatic rings. The highest BCUT2D eigenvalue weighted by atomic mass is 32.1. The van der Waals surface area contributed by atoms with Gasteiger partial charge in [0.1, 0.15) is 0 Å². The van der Waals surface area contributed by atoms with E-state index in [1.165, 1.54) is 0 Å². The van der Waals surface area contributed by atoms with E-state index in [9.17, 15) is 5.11 Å². The molecule has 0 unspecified atom stereocenters. The van der Waals surface area contributed by atoms with E-state index in [1.54, 1.807) is 0 Å². The Morgan fingerprint density at radius 3 is 1.86 bits per heavy atom. The summed E-state index contributed by atoms with van der Waals surface area (Å²) in [7, 11) is 0. The van der Waals surface area contributed by atoms with Crippen LogP contribution in [0, 0.1) is 0 Å². The van der Waals surface area contributed by atoms with E-state index >= 15 is 0 Å². The van der Waals surface area contributed by atoms with Crippen LogP contribution in [0.15, 0.2) is 60.7 Å². The molecule has 29 heavy (non-hydrogen) atoms. The number of nitrogens with one attached hydrogen (secondary N) is 2. The molecule has 1 atom stereocenters. The second-order valence-corrected chi connectivity index (χ2v) is 8.55. The van der Waals surface area contributed by atoms with Crippen molar-refractivity contribution in [2.75, 3.05) is 19.9 Å². The molecule has 3 aliphatic rings. The van der Waals surface area contributed by atoms with E-state index in [-0.39, 0.29) is 12.6 Å². The maximum atomic E-state index is 9.76. The molecule has 0 aromatic heterocycles. The fourth-order valence-corrected chi connectivity index (χ4v) is 5.56. The van der Waals surface area contributed by atoms with Crippen molar-refractivity contribution in [3.8, 4) is 0 Å². The number of nitrogens with zero attached hydrogens (tertiary/aromatic N) is 3. The lowest BCUT2D eigenvalue weighted by atomic mass is 9.81. The highest BCUT2D eigenvalue weighted by Crippen LogP contribution is 2.55. The van der Waals surface area contributed by atoms with E-state index in [0.29, 0.717) is 23.6 Å². The Labute approximate surface area is 181 Å². The fraction of sp³-hybridized carbons (Fsp3) is 0.333. The van der Waals surface area contributed by atoms with Crippen molar-refractivity contribution in [2.24, 2.45) is 0 Å². The van der Waals surface area contributed by atoms with Gasteiger partial charge in [0, 0.05) is 17.2 Å². The molecular weight excluding hydrogens is 402 g/mol. The summed E-state index contributed by atoms with van der Waals surface area (Å²) in [6.45, 7) is 3.28. The molecular formula is C21H23N5OS2. The standard InChI is InChI=1S/C21H23N5OS2/c1-15(12-27)24-13-25-18(28)22-20(16-8-4-2-5-9-16)21(25,17-10-6-3-7-11-17)26(14-24)19(29)23-20/h2-11,15,27H,12-14H2,1H3,(H,22,28)(H,23,29)/t15-,20?,21?/m0/s1. The molecule has 0 aliphatic carbocycles. The first-order valence-corrected chi connectivity index (χ1v) is 10.5. The van der Waals surface area contributed by atoms with Crippen molar-refractivity contribution in [3.63, 3.8) is 0 Å². The van der Waals surface area contributed by atoms with Crippen LogP contribution in [0.25, 0.3) is 0 Å². The van der Waals surface area contributed by atoms with Gasteiger partial charge < -0.3 is 25.5 Å². The van der Waals surface area contributed by atoms with Crippen molar-refractivity contribution in [3.05, 3.63) is 71.8 Å². The zero-order valence-electron chi connectivity index (χ0n) is 16.1. The second kappa shape index (κ2) is 6.63. The predicted molar refractivity (Wildman–Crippen MR) is 120 cm³/mol. The lowest BCUT2D eigenvalue weighted by molar-refractivity contribution is -0.112. The van der Waals surface area contributed by atoms with Crippen molar-refractivity contribution >= 4 is 34.7 Å². The van der Waals surface area contributed by atoms with Crippen LogP contribution in [0.5, 0.6) is 0 Å². The zero-order chi connectivity index (χ0) is 20.2. The molecule has 150 valence electrons. The van der Waals surface area contributed by atoms with E-state index in [4.69, 9.17) is 24.4 Å². The van der Waals surface area contributed by atoms with Gasteiger partial charge in [-0.15, -0.1) is 0 Å². The Hall–Kier alpha value is -2.26. The maximum absolute atomic E-state index is 9.76. The SMILES string of the molecule is C[C@@H](CO)N1CN2C(=S)NC3(c4ccccc4)NC(=S)N(C1)C23c1ccccc1. The molecule has 0 spiro atoms. The molecule has 3 fully saturated rings. The van der Waals surface area contributed by atoms with Gasteiger partial charge >= 0.3 is 0 Å². The average Bonchev–Trinajstić information content (AvgIpc) is 3.18. The molecule has 6 nitrogen and oxygen atoms in total. The number of hydrogen-bond acceptors (Lipinski definition) is 4. The van der Waals surface area contributed by atoms with Crippen molar-refractivity contribution < 1.29 is 5.11 Å². The first-order valence-electron chi connectivity index (χ1n) is 9.70. The second-order valence-electron chi connectivity index (χ2n) is 7.77. The Morgan fingerprint density at radius 2 is 1.38 bits per heavy atom. The highest BCUT2D eigenvalue weighted by molar-refractivity contribution is 7.80. The molecule has 0 saturated carbocycles. The van der Waals surface area contributed by atoms with Crippen LogP contribution in [-0.2, 0) is 11.3 Å². The molecule has 5 rings (SSSR count). The predicted octanol–water partition coefficient (Wildman–Crippen LogP) is 1.68. The van der Waals surface area contributed by atoms with Crippen molar-refractivity contribution in [1.82, 2.24) is 25.3 Å². The lowest BCUT2D eigenvalue weighted by Gasteiger charge is -2.54. The van der Waals surface area contributed by atoms with E-state index in [0.717, 1.165) is 11.1 Å². The van der Waals surface area contributed by atoms with Crippen LogP contribution in [0.4, 0.5) is 0 Å². The Kier molecular flexibility index (Phi) is 4.29. The molecule has 3 N–H and O–H groups in total. The zero-order valence-corrected chi connectivity index (χ0v) is 17.7. The summed E-state index contributed by atoms with van der Waals surface area (Å²) in [5.74, 6) is 0. The molecule has 0 bridgehead atoms. The largest absolute Gasteiger partial charge is 0.395 e. The molecule has 2 aromatic carbocycles. The molecule has 0 radical (unpaired) electrons. The normalized spacial score (nSPS) is 29.4. The number of aliphatic hydroxyl groups excluding tert-OH is 1.